The molecule has 2 aromatic rings. The van der Waals surface area contributed by atoms with E-state index in [0.29, 0.717) is 4.88 Å². The van der Waals surface area contributed by atoms with Crippen molar-refractivity contribution in [1.29, 1.82) is 0 Å². The average molecular weight is 430 g/mol. The first kappa shape index (κ1) is 15.1. The van der Waals surface area contributed by atoms with Gasteiger partial charge in [-0.15, -0.1) is 11.3 Å². The van der Waals surface area contributed by atoms with Crippen molar-refractivity contribution in [2.24, 2.45) is 0 Å². The summed E-state index contributed by atoms with van der Waals surface area (Å²) >= 11 is 8.27. The molecule has 1 amide bonds. The molecule has 3 nitrogen and oxygen atoms in total. The summed E-state index contributed by atoms with van der Waals surface area (Å²) in [7, 11) is 0. The third-order valence-electron chi connectivity index (χ3n) is 3.66. The second-order valence-corrected chi connectivity index (χ2v) is 8.33. The fourth-order valence-electron chi connectivity index (χ4n) is 2.67. The lowest BCUT2D eigenvalue weighted by Gasteiger charge is -2.26. The molecular weight excluding hydrogens is 416 g/mol. The van der Waals surface area contributed by atoms with Crippen LogP contribution in [0.4, 0.5) is 5.69 Å². The fraction of sp³-hybridized carbons (Fsp3) is 0.267. The molecule has 1 aliphatic rings. The maximum Gasteiger partial charge on any atom is 0.261 e. The lowest BCUT2D eigenvalue weighted by atomic mass is 9.87. The van der Waals surface area contributed by atoms with E-state index in [2.05, 4.69) is 37.2 Å². The van der Waals surface area contributed by atoms with Crippen LogP contribution in [0.25, 0.3) is 0 Å². The summed E-state index contributed by atoms with van der Waals surface area (Å²) < 4.78 is 1.85. The van der Waals surface area contributed by atoms with Gasteiger partial charge < -0.3 is 11.1 Å². The standard InChI is InChI=1S/C15H14Br2N2OS/c16-11-7-13(21-14(11)17)15(20)19-12-3-1-2-8-6-9(18)4-5-10(8)12/h4-7,12H,1-3,18H2,(H,19,20). The molecule has 0 saturated carbocycles. The number of anilines is 1. The van der Waals surface area contributed by atoms with Gasteiger partial charge in [-0.3, -0.25) is 4.79 Å². The Hall–Kier alpha value is -0.850. The topological polar surface area (TPSA) is 55.1 Å². The molecule has 110 valence electrons. The summed E-state index contributed by atoms with van der Waals surface area (Å²) in [6, 6.07) is 7.88. The van der Waals surface area contributed by atoms with E-state index in [0.717, 1.165) is 33.2 Å². The Balaban J connectivity index is 1.81. The highest BCUT2D eigenvalue weighted by Crippen LogP contribution is 2.34. The molecule has 3 N–H and O–H groups in total. The van der Waals surface area contributed by atoms with Crippen molar-refractivity contribution in [1.82, 2.24) is 5.32 Å². The number of hydrogen-bond donors (Lipinski definition) is 2. The summed E-state index contributed by atoms with van der Waals surface area (Å²) in [5, 5.41) is 3.14. The number of amides is 1. The van der Waals surface area contributed by atoms with Gasteiger partial charge >= 0.3 is 0 Å². The summed E-state index contributed by atoms with van der Waals surface area (Å²) in [4.78, 5) is 13.1. The molecule has 0 saturated heterocycles. The van der Waals surface area contributed by atoms with E-state index in [1.54, 1.807) is 0 Å². The maximum absolute atomic E-state index is 12.4. The van der Waals surface area contributed by atoms with Gasteiger partial charge in [0.15, 0.2) is 0 Å². The molecule has 1 heterocycles. The minimum absolute atomic E-state index is 0.0268. The zero-order valence-electron chi connectivity index (χ0n) is 11.2. The predicted octanol–water partition coefficient (Wildman–Crippen LogP) is 4.66. The molecule has 0 fully saturated rings. The Kier molecular flexibility index (Phi) is 4.38. The van der Waals surface area contributed by atoms with E-state index in [1.807, 2.05) is 24.3 Å². The molecule has 1 atom stereocenters. The first-order valence-corrected chi connectivity index (χ1v) is 9.09. The third kappa shape index (κ3) is 3.17. The third-order valence-corrected chi connectivity index (χ3v) is 6.91. The van der Waals surface area contributed by atoms with E-state index in [1.165, 1.54) is 22.5 Å². The number of hydrogen-bond acceptors (Lipinski definition) is 3. The van der Waals surface area contributed by atoms with Gasteiger partial charge in [-0.2, -0.15) is 0 Å². The summed E-state index contributed by atoms with van der Waals surface area (Å²) in [6.45, 7) is 0. The van der Waals surface area contributed by atoms with E-state index < -0.39 is 0 Å². The zero-order chi connectivity index (χ0) is 15.0. The molecular formula is C15H14Br2N2OS. The molecule has 6 heteroatoms. The van der Waals surface area contributed by atoms with Crippen LogP contribution in [0.15, 0.2) is 32.5 Å². The largest absolute Gasteiger partial charge is 0.399 e. The molecule has 1 unspecified atom stereocenters. The van der Waals surface area contributed by atoms with Crippen molar-refractivity contribution in [2.45, 2.75) is 25.3 Å². The monoisotopic (exact) mass is 428 g/mol. The Morgan fingerprint density at radius 1 is 1.33 bits per heavy atom. The number of nitrogens with two attached hydrogens (primary N) is 1. The van der Waals surface area contributed by atoms with E-state index >= 15 is 0 Å². The van der Waals surface area contributed by atoms with Crippen molar-refractivity contribution in [3.8, 4) is 0 Å². The highest BCUT2D eigenvalue weighted by molar-refractivity contribution is 9.13. The van der Waals surface area contributed by atoms with Crippen molar-refractivity contribution >= 4 is 54.8 Å². The molecule has 3 rings (SSSR count). The highest BCUT2D eigenvalue weighted by atomic mass is 79.9. The average Bonchev–Trinajstić information content (AvgIpc) is 2.79. The molecule has 1 aromatic heterocycles. The number of fused-ring (bicyclic) bond motifs is 1. The number of halogens is 2. The van der Waals surface area contributed by atoms with Crippen LogP contribution in [0.1, 0.15) is 39.7 Å². The quantitative estimate of drug-likeness (QED) is 0.682. The van der Waals surface area contributed by atoms with Gasteiger partial charge in [-0.25, -0.2) is 0 Å². The molecule has 1 aliphatic carbocycles. The number of nitrogen functional groups attached to an aromatic ring is 1. The van der Waals surface area contributed by atoms with Crippen LogP contribution < -0.4 is 11.1 Å². The lowest BCUT2D eigenvalue weighted by Crippen LogP contribution is -2.30. The molecule has 0 bridgehead atoms. The highest BCUT2D eigenvalue weighted by Gasteiger charge is 2.23. The molecule has 0 aliphatic heterocycles. The molecule has 21 heavy (non-hydrogen) atoms. The molecule has 0 spiro atoms. The van der Waals surface area contributed by atoms with Gasteiger partial charge in [0.25, 0.3) is 5.91 Å². The van der Waals surface area contributed by atoms with Gasteiger partial charge in [0, 0.05) is 10.2 Å². The SMILES string of the molecule is Nc1ccc2c(c1)CCCC2NC(=O)c1cc(Br)c(Br)s1. The Morgan fingerprint density at radius 2 is 2.14 bits per heavy atom. The van der Waals surface area contributed by atoms with Gasteiger partial charge in [-0.05, 0) is 80.4 Å². The normalized spacial score (nSPS) is 17.3. The molecule has 0 radical (unpaired) electrons. The van der Waals surface area contributed by atoms with Crippen molar-refractivity contribution in [3.63, 3.8) is 0 Å². The minimum atomic E-state index is -0.0268. The number of thiophene rings is 1. The first-order chi connectivity index (χ1) is 10.0. The van der Waals surface area contributed by atoms with E-state index in [9.17, 15) is 4.79 Å². The number of carbonyl (C=O) groups excluding carboxylic acids is 1. The summed E-state index contributed by atoms with van der Waals surface area (Å²) in [5.74, 6) is -0.0268. The smallest absolute Gasteiger partial charge is 0.261 e. The second-order valence-electron chi connectivity index (χ2n) is 5.11. The van der Waals surface area contributed by atoms with Crippen LogP contribution in [-0.2, 0) is 6.42 Å². The van der Waals surface area contributed by atoms with Crippen LogP contribution in [-0.4, -0.2) is 5.91 Å². The van der Waals surface area contributed by atoms with Gasteiger partial charge in [0.1, 0.15) is 0 Å². The summed E-state index contributed by atoms with van der Waals surface area (Å²) in [5.41, 5.74) is 9.07. The lowest BCUT2D eigenvalue weighted by molar-refractivity contribution is 0.0937. The van der Waals surface area contributed by atoms with Crippen molar-refractivity contribution in [3.05, 3.63) is 48.5 Å². The van der Waals surface area contributed by atoms with Gasteiger partial charge in [-0.1, -0.05) is 6.07 Å². The van der Waals surface area contributed by atoms with Crippen molar-refractivity contribution < 1.29 is 4.79 Å². The van der Waals surface area contributed by atoms with Crippen LogP contribution in [0.2, 0.25) is 0 Å². The van der Waals surface area contributed by atoms with Crippen LogP contribution >= 0.6 is 43.2 Å². The van der Waals surface area contributed by atoms with Crippen LogP contribution in [0, 0.1) is 0 Å². The van der Waals surface area contributed by atoms with Crippen molar-refractivity contribution in [2.75, 3.05) is 5.73 Å². The fourth-order valence-corrected chi connectivity index (χ4v) is 4.61. The molecule has 1 aromatic carbocycles. The maximum atomic E-state index is 12.4. The predicted molar refractivity (Wildman–Crippen MR) is 93.7 cm³/mol. The Labute approximate surface area is 144 Å². The minimum Gasteiger partial charge on any atom is -0.399 e. The van der Waals surface area contributed by atoms with Crippen LogP contribution in [0.3, 0.4) is 0 Å². The van der Waals surface area contributed by atoms with Crippen LogP contribution in [0.5, 0.6) is 0 Å². The number of aryl methyl sites for hydroxylation is 1. The number of rotatable bonds is 2. The van der Waals surface area contributed by atoms with Gasteiger partial charge in [0.05, 0.1) is 14.7 Å². The number of nitrogens with one attached hydrogen (secondary N) is 1. The first-order valence-electron chi connectivity index (χ1n) is 6.68. The van der Waals surface area contributed by atoms with E-state index in [4.69, 9.17) is 5.73 Å². The van der Waals surface area contributed by atoms with E-state index in [-0.39, 0.29) is 11.9 Å². The second kappa shape index (κ2) is 6.10. The summed E-state index contributed by atoms with van der Waals surface area (Å²) in [6.07, 6.45) is 3.07. The zero-order valence-corrected chi connectivity index (χ0v) is 15.1. The number of carbonyl (C=O) groups is 1. The number of benzene rings is 1. The van der Waals surface area contributed by atoms with Gasteiger partial charge in [0.2, 0.25) is 0 Å². The Bertz CT molecular complexity index is 679. The Morgan fingerprint density at radius 3 is 2.86 bits per heavy atom.